The molecule has 4 fully saturated rings. The summed E-state index contributed by atoms with van der Waals surface area (Å²) in [6.45, 7) is 1.15. The van der Waals surface area contributed by atoms with Gasteiger partial charge in [-0.1, -0.05) is 0 Å². The minimum atomic E-state index is -0.144. The summed E-state index contributed by atoms with van der Waals surface area (Å²) in [6, 6.07) is 9.85. The third-order valence-corrected chi connectivity index (χ3v) is 8.07. The molecule has 164 valence electrons. The fourth-order valence-corrected chi connectivity index (χ4v) is 7.06. The zero-order valence-electron chi connectivity index (χ0n) is 18.0. The normalized spacial score (nSPS) is 29.9. The van der Waals surface area contributed by atoms with Crippen LogP contribution in [-0.2, 0) is 4.79 Å². The van der Waals surface area contributed by atoms with Gasteiger partial charge in [-0.2, -0.15) is 0 Å². The van der Waals surface area contributed by atoms with Crippen LogP contribution in [-0.4, -0.2) is 28.5 Å². The Labute approximate surface area is 186 Å². The van der Waals surface area contributed by atoms with Crippen LogP contribution in [0.2, 0.25) is 0 Å². The average Bonchev–Trinajstić information content (AvgIpc) is 3.21. The minimum absolute atomic E-state index is 0.144. The van der Waals surface area contributed by atoms with Gasteiger partial charge >= 0.3 is 0 Å². The van der Waals surface area contributed by atoms with Crippen LogP contribution in [0, 0.1) is 23.2 Å². The van der Waals surface area contributed by atoms with E-state index in [1.807, 2.05) is 47.1 Å². The number of hydrogen-bond acceptors (Lipinski definition) is 4. The van der Waals surface area contributed by atoms with Gasteiger partial charge < -0.3 is 19.2 Å². The van der Waals surface area contributed by atoms with Crippen molar-refractivity contribution in [2.75, 3.05) is 18.5 Å². The molecule has 8 rings (SSSR count). The van der Waals surface area contributed by atoms with E-state index in [0.29, 0.717) is 13.2 Å². The summed E-state index contributed by atoms with van der Waals surface area (Å²) in [5, 5.41) is 3.26. The van der Waals surface area contributed by atoms with E-state index in [9.17, 15) is 4.79 Å². The van der Waals surface area contributed by atoms with E-state index in [-0.39, 0.29) is 11.3 Å². The highest BCUT2D eigenvalue weighted by molar-refractivity contribution is 5.95. The first-order valence-electron chi connectivity index (χ1n) is 11.8. The van der Waals surface area contributed by atoms with Gasteiger partial charge in [-0.05, 0) is 86.6 Å². The molecule has 0 radical (unpaired) electrons. The number of carbonyl (C=O) groups is 1. The molecular formula is C26H27N3O3. The molecule has 2 aromatic heterocycles. The summed E-state index contributed by atoms with van der Waals surface area (Å²) >= 11 is 0. The minimum Gasteiger partial charge on any atom is -0.486 e. The van der Waals surface area contributed by atoms with Gasteiger partial charge in [0.2, 0.25) is 5.91 Å². The highest BCUT2D eigenvalue weighted by Gasteiger charge is 2.54. The molecule has 4 saturated carbocycles. The number of carbonyl (C=O) groups excluding carboxylic acids is 1. The number of aromatic nitrogens is 2. The molecule has 4 aliphatic carbocycles. The van der Waals surface area contributed by atoms with Crippen molar-refractivity contribution in [3.8, 4) is 22.8 Å². The van der Waals surface area contributed by atoms with Crippen molar-refractivity contribution in [3.05, 3.63) is 42.7 Å². The predicted octanol–water partition coefficient (Wildman–Crippen LogP) is 4.93. The Hall–Kier alpha value is -3.02. The Kier molecular flexibility index (Phi) is 3.90. The molecule has 0 atom stereocenters. The monoisotopic (exact) mass is 429 g/mol. The second kappa shape index (κ2) is 6.74. The molecule has 3 heterocycles. The van der Waals surface area contributed by atoms with Crippen molar-refractivity contribution in [1.82, 2.24) is 9.38 Å². The molecule has 0 spiro atoms. The second-order valence-corrected chi connectivity index (χ2v) is 10.3. The van der Waals surface area contributed by atoms with E-state index in [4.69, 9.17) is 14.5 Å². The van der Waals surface area contributed by atoms with Crippen molar-refractivity contribution >= 4 is 17.2 Å². The smallest absolute Gasteiger partial charge is 0.230 e. The Morgan fingerprint density at radius 3 is 2.41 bits per heavy atom. The van der Waals surface area contributed by atoms with Crippen LogP contribution in [0.4, 0.5) is 5.69 Å². The Morgan fingerprint density at radius 1 is 0.938 bits per heavy atom. The summed E-state index contributed by atoms with van der Waals surface area (Å²) in [5.74, 6) is 4.04. The number of rotatable bonds is 3. The molecule has 1 aliphatic heterocycles. The lowest BCUT2D eigenvalue weighted by Gasteiger charge is -2.55. The molecule has 1 aromatic carbocycles. The zero-order valence-corrected chi connectivity index (χ0v) is 18.0. The largest absolute Gasteiger partial charge is 0.486 e. The van der Waals surface area contributed by atoms with E-state index < -0.39 is 0 Å². The Balaban J connectivity index is 1.15. The lowest BCUT2D eigenvalue weighted by Crippen LogP contribution is -2.51. The third kappa shape index (κ3) is 2.92. The standard InChI is InChI=1S/C26H27N3O3/c30-25(26-11-16-7-17(12-26)9-18(8-16)13-26)27-20-2-4-24-28-21(15-29(24)14-20)19-1-3-22-23(10-19)32-6-5-31-22/h1-4,10,14-18H,5-9,11-13H2,(H,27,30). The van der Waals surface area contributed by atoms with Crippen molar-refractivity contribution in [2.24, 2.45) is 23.2 Å². The fourth-order valence-electron chi connectivity index (χ4n) is 7.06. The zero-order chi connectivity index (χ0) is 21.3. The molecular weight excluding hydrogens is 402 g/mol. The molecule has 3 aromatic rings. The van der Waals surface area contributed by atoms with E-state index >= 15 is 0 Å². The summed E-state index contributed by atoms with van der Waals surface area (Å²) in [7, 11) is 0. The van der Waals surface area contributed by atoms with E-state index in [2.05, 4.69) is 5.32 Å². The van der Waals surface area contributed by atoms with Crippen LogP contribution in [0.15, 0.2) is 42.7 Å². The topological polar surface area (TPSA) is 64.9 Å². The van der Waals surface area contributed by atoms with Gasteiger partial charge in [0.05, 0.1) is 16.8 Å². The number of anilines is 1. The summed E-state index contributed by atoms with van der Waals surface area (Å²) in [5.41, 5.74) is 3.39. The number of nitrogens with zero attached hydrogens (tertiary/aromatic N) is 2. The van der Waals surface area contributed by atoms with E-state index in [1.165, 1.54) is 19.3 Å². The molecule has 0 saturated heterocycles. The van der Waals surface area contributed by atoms with Gasteiger partial charge in [-0.25, -0.2) is 4.98 Å². The molecule has 5 aliphatic rings. The lowest BCUT2D eigenvalue weighted by molar-refractivity contribution is -0.140. The number of ether oxygens (including phenoxy) is 2. The van der Waals surface area contributed by atoms with Gasteiger partial charge in [0.25, 0.3) is 0 Å². The molecule has 6 heteroatoms. The third-order valence-electron chi connectivity index (χ3n) is 8.07. The summed E-state index contributed by atoms with van der Waals surface area (Å²) in [4.78, 5) is 18.2. The van der Waals surface area contributed by atoms with Gasteiger partial charge in [-0.15, -0.1) is 0 Å². The van der Waals surface area contributed by atoms with Crippen LogP contribution in [0.3, 0.4) is 0 Å². The van der Waals surface area contributed by atoms with Gasteiger partial charge in [0.1, 0.15) is 18.9 Å². The van der Waals surface area contributed by atoms with Crippen LogP contribution in [0.5, 0.6) is 11.5 Å². The van der Waals surface area contributed by atoms with Crippen molar-refractivity contribution in [3.63, 3.8) is 0 Å². The number of hydrogen-bond donors (Lipinski definition) is 1. The van der Waals surface area contributed by atoms with Crippen LogP contribution in [0.1, 0.15) is 38.5 Å². The maximum absolute atomic E-state index is 13.4. The van der Waals surface area contributed by atoms with Crippen LogP contribution >= 0.6 is 0 Å². The number of amides is 1. The highest BCUT2D eigenvalue weighted by Crippen LogP contribution is 2.60. The molecule has 0 unspecified atom stereocenters. The first kappa shape index (κ1) is 18.5. The number of benzene rings is 1. The molecule has 32 heavy (non-hydrogen) atoms. The highest BCUT2D eigenvalue weighted by atomic mass is 16.6. The van der Waals surface area contributed by atoms with Crippen LogP contribution in [0.25, 0.3) is 16.9 Å². The molecule has 4 bridgehead atoms. The van der Waals surface area contributed by atoms with Gasteiger partial charge in [-0.3, -0.25) is 4.79 Å². The van der Waals surface area contributed by atoms with Gasteiger partial charge in [0.15, 0.2) is 11.5 Å². The number of imidazole rings is 1. The fraction of sp³-hybridized carbons (Fsp3) is 0.462. The number of pyridine rings is 1. The quantitative estimate of drug-likeness (QED) is 0.641. The number of fused-ring (bicyclic) bond motifs is 2. The predicted molar refractivity (Wildman–Crippen MR) is 121 cm³/mol. The van der Waals surface area contributed by atoms with Crippen molar-refractivity contribution in [1.29, 1.82) is 0 Å². The lowest BCUT2D eigenvalue weighted by atomic mass is 9.49. The molecule has 1 amide bonds. The first-order chi connectivity index (χ1) is 15.6. The number of nitrogens with one attached hydrogen (secondary N) is 1. The maximum atomic E-state index is 13.4. The second-order valence-electron chi connectivity index (χ2n) is 10.3. The van der Waals surface area contributed by atoms with E-state index in [1.54, 1.807) is 0 Å². The van der Waals surface area contributed by atoms with Crippen molar-refractivity contribution in [2.45, 2.75) is 38.5 Å². The SMILES string of the molecule is O=C(Nc1ccc2nc(-c3ccc4c(c3)OCCO4)cn2c1)C12CC3CC(CC(C3)C1)C2. The van der Waals surface area contributed by atoms with Gasteiger partial charge in [0, 0.05) is 18.0 Å². The summed E-state index contributed by atoms with van der Waals surface area (Å²) < 4.78 is 13.3. The Bertz CT molecular complexity index is 1190. The summed E-state index contributed by atoms with van der Waals surface area (Å²) in [6.07, 6.45) is 11.2. The average molecular weight is 430 g/mol. The molecule has 1 N–H and O–H groups in total. The Morgan fingerprint density at radius 2 is 1.66 bits per heavy atom. The molecule has 6 nitrogen and oxygen atoms in total. The first-order valence-corrected chi connectivity index (χ1v) is 11.8. The van der Waals surface area contributed by atoms with Crippen molar-refractivity contribution < 1.29 is 14.3 Å². The maximum Gasteiger partial charge on any atom is 0.230 e. The van der Waals surface area contributed by atoms with Crippen LogP contribution < -0.4 is 14.8 Å². The van der Waals surface area contributed by atoms with E-state index in [0.717, 1.165) is 71.1 Å².